The van der Waals surface area contributed by atoms with Gasteiger partial charge in [-0.15, -0.1) is 0 Å². The van der Waals surface area contributed by atoms with Crippen molar-refractivity contribution in [1.29, 1.82) is 0 Å². The lowest BCUT2D eigenvalue weighted by Crippen LogP contribution is -2.22. The Morgan fingerprint density at radius 1 is 1.12 bits per heavy atom. The maximum absolute atomic E-state index is 13.7. The van der Waals surface area contributed by atoms with Crippen LogP contribution in [0.15, 0.2) is 36.4 Å². The smallest absolute Gasteiger partial charge is 0.243 e. The van der Waals surface area contributed by atoms with E-state index in [0.29, 0.717) is 17.1 Å². The van der Waals surface area contributed by atoms with Gasteiger partial charge in [0.25, 0.3) is 0 Å². The lowest BCUT2D eigenvalue weighted by atomic mass is 10.2. The van der Waals surface area contributed by atoms with Gasteiger partial charge in [-0.3, -0.25) is 9.59 Å². The Hall–Kier alpha value is -2.80. The molecule has 6 nitrogen and oxygen atoms in total. The van der Waals surface area contributed by atoms with Gasteiger partial charge in [-0.2, -0.15) is 0 Å². The van der Waals surface area contributed by atoms with Crippen molar-refractivity contribution in [1.82, 2.24) is 0 Å². The van der Waals surface area contributed by atoms with Gasteiger partial charge in [-0.1, -0.05) is 11.6 Å². The molecule has 0 aliphatic carbocycles. The van der Waals surface area contributed by atoms with Crippen molar-refractivity contribution in [3.8, 4) is 5.75 Å². The van der Waals surface area contributed by atoms with Crippen LogP contribution in [0.3, 0.4) is 0 Å². The van der Waals surface area contributed by atoms with Gasteiger partial charge in [0.05, 0.1) is 25.0 Å². The Bertz CT molecular complexity index is 799. The van der Waals surface area contributed by atoms with Crippen LogP contribution in [0.25, 0.3) is 0 Å². The van der Waals surface area contributed by atoms with Crippen molar-refractivity contribution in [3.05, 3.63) is 47.2 Å². The van der Waals surface area contributed by atoms with Crippen LogP contribution >= 0.6 is 11.6 Å². The summed E-state index contributed by atoms with van der Waals surface area (Å²) in [5, 5.41) is 8.23. The van der Waals surface area contributed by atoms with Crippen LogP contribution in [0.5, 0.6) is 5.75 Å². The molecule has 0 unspecified atom stereocenters. The zero-order valence-corrected chi connectivity index (χ0v) is 14.4. The largest absolute Gasteiger partial charge is 0.495 e. The summed E-state index contributed by atoms with van der Waals surface area (Å²) in [6, 6.07) is 8.96. The number of carbonyl (C=O) groups is 2. The van der Waals surface area contributed by atoms with Crippen LogP contribution in [-0.2, 0) is 9.59 Å². The Morgan fingerprint density at radius 2 is 1.88 bits per heavy atom. The molecule has 0 saturated carbocycles. The summed E-state index contributed by atoms with van der Waals surface area (Å²) >= 11 is 5.68. The van der Waals surface area contributed by atoms with Crippen LogP contribution in [0.2, 0.25) is 5.02 Å². The lowest BCUT2D eigenvalue weighted by molar-refractivity contribution is -0.115. The molecule has 2 aromatic rings. The predicted octanol–water partition coefficient (Wildman–Crippen LogP) is 3.50. The van der Waals surface area contributed by atoms with Gasteiger partial charge in [0.1, 0.15) is 11.6 Å². The van der Waals surface area contributed by atoms with Crippen molar-refractivity contribution >= 4 is 40.5 Å². The highest BCUT2D eigenvalue weighted by molar-refractivity contribution is 6.30. The van der Waals surface area contributed by atoms with E-state index in [1.165, 1.54) is 26.2 Å². The molecule has 0 saturated heterocycles. The number of hydrogen-bond acceptors (Lipinski definition) is 4. The van der Waals surface area contributed by atoms with E-state index in [9.17, 15) is 14.0 Å². The summed E-state index contributed by atoms with van der Waals surface area (Å²) in [5.41, 5.74) is 1.07. The van der Waals surface area contributed by atoms with Crippen molar-refractivity contribution in [3.63, 3.8) is 0 Å². The first-order chi connectivity index (χ1) is 11.9. The number of rotatable bonds is 6. The maximum Gasteiger partial charge on any atom is 0.243 e. The molecule has 132 valence electrons. The van der Waals surface area contributed by atoms with Gasteiger partial charge in [-0.05, 0) is 36.4 Å². The zero-order valence-electron chi connectivity index (χ0n) is 13.7. The van der Waals surface area contributed by atoms with Crippen LogP contribution in [0.4, 0.5) is 21.5 Å². The highest BCUT2D eigenvalue weighted by Crippen LogP contribution is 2.28. The second kappa shape index (κ2) is 8.34. The molecule has 0 aliphatic rings. The summed E-state index contributed by atoms with van der Waals surface area (Å²) in [6.45, 7) is 1.22. The van der Waals surface area contributed by atoms with Gasteiger partial charge in [0, 0.05) is 17.6 Å². The molecule has 0 aromatic heterocycles. The summed E-state index contributed by atoms with van der Waals surface area (Å²) in [4.78, 5) is 23.2. The van der Waals surface area contributed by atoms with Gasteiger partial charge < -0.3 is 20.7 Å². The number of halogens is 2. The first kappa shape index (κ1) is 18.5. The molecular formula is C17H17ClFN3O3. The fourth-order valence-corrected chi connectivity index (χ4v) is 2.25. The Morgan fingerprint density at radius 3 is 2.52 bits per heavy atom. The molecule has 3 N–H and O–H groups in total. The highest BCUT2D eigenvalue weighted by atomic mass is 35.5. The second-order valence-corrected chi connectivity index (χ2v) is 5.56. The first-order valence-corrected chi connectivity index (χ1v) is 7.71. The van der Waals surface area contributed by atoms with E-state index in [-0.39, 0.29) is 23.2 Å². The second-order valence-electron chi connectivity index (χ2n) is 5.12. The number of benzene rings is 2. The molecule has 0 fully saturated rings. The minimum Gasteiger partial charge on any atom is -0.495 e. The quantitative estimate of drug-likeness (QED) is 0.732. The van der Waals surface area contributed by atoms with E-state index in [2.05, 4.69) is 16.0 Å². The monoisotopic (exact) mass is 365 g/mol. The zero-order chi connectivity index (χ0) is 18.4. The third-order valence-corrected chi connectivity index (χ3v) is 3.40. The van der Waals surface area contributed by atoms with Crippen LogP contribution < -0.4 is 20.7 Å². The van der Waals surface area contributed by atoms with Crippen molar-refractivity contribution in [2.45, 2.75) is 6.92 Å². The van der Waals surface area contributed by atoms with E-state index in [4.69, 9.17) is 16.3 Å². The molecule has 0 radical (unpaired) electrons. The molecule has 0 atom stereocenters. The Labute approximate surface area is 149 Å². The number of nitrogens with one attached hydrogen (secondary N) is 3. The molecule has 0 aliphatic heterocycles. The number of carbonyl (C=O) groups excluding carboxylic acids is 2. The maximum atomic E-state index is 13.7. The molecule has 2 amide bonds. The molecule has 8 heteroatoms. The SMILES string of the molecule is COc1ccc(NC(C)=O)cc1NC(=O)CNc1ccc(Cl)cc1F. The van der Waals surface area contributed by atoms with Crippen molar-refractivity contribution in [2.75, 3.05) is 29.6 Å². The van der Waals surface area contributed by atoms with Crippen molar-refractivity contribution in [2.24, 2.45) is 0 Å². The molecule has 25 heavy (non-hydrogen) atoms. The van der Waals surface area contributed by atoms with Crippen LogP contribution in [0, 0.1) is 5.82 Å². The fourth-order valence-electron chi connectivity index (χ4n) is 2.09. The summed E-state index contributed by atoms with van der Waals surface area (Å²) in [5.74, 6) is -0.763. The van der Waals surface area contributed by atoms with Gasteiger partial charge >= 0.3 is 0 Å². The lowest BCUT2D eigenvalue weighted by Gasteiger charge is -2.13. The number of methoxy groups -OCH3 is 1. The van der Waals surface area contributed by atoms with Crippen molar-refractivity contribution < 1.29 is 18.7 Å². The predicted molar refractivity (Wildman–Crippen MR) is 95.8 cm³/mol. The van der Waals surface area contributed by atoms with E-state index >= 15 is 0 Å². The average molecular weight is 366 g/mol. The Balaban J connectivity index is 2.04. The number of hydrogen-bond donors (Lipinski definition) is 3. The van der Waals surface area contributed by atoms with E-state index in [1.807, 2.05) is 0 Å². The third kappa shape index (κ3) is 5.36. The molecule has 0 spiro atoms. The number of amides is 2. The van der Waals surface area contributed by atoms with Gasteiger partial charge in [0.15, 0.2) is 0 Å². The van der Waals surface area contributed by atoms with Gasteiger partial charge in [0.2, 0.25) is 11.8 Å². The molecule has 0 heterocycles. The third-order valence-electron chi connectivity index (χ3n) is 3.16. The number of ether oxygens (including phenoxy) is 1. The van der Waals surface area contributed by atoms with E-state index < -0.39 is 11.7 Å². The summed E-state index contributed by atoms with van der Waals surface area (Å²) in [6.07, 6.45) is 0. The highest BCUT2D eigenvalue weighted by Gasteiger charge is 2.10. The molecular weight excluding hydrogens is 349 g/mol. The van der Waals surface area contributed by atoms with Crippen LogP contribution in [0.1, 0.15) is 6.92 Å². The summed E-state index contributed by atoms with van der Waals surface area (Å²) < 4.78 is 18.9. The average Bonchev–Trinajstić information content (AvgIpc) is 2.54. The molecule has 2 aromatic carbocycles. The van der Waals surface area contributed by atoms with E-state index in [0.717, 1.165) is 6.07 Å². The van der Waals surface area contributed by atoms with Crippen LogP contribution in [-0.4, -0.2) is 25.5 Å². The first-order valence-electron chi connectivity index (χ1n) is 7.33. The fraction of sp³-hybridized carbons (Fsp3) is 0.176. The summed E-state index contributed by atoms with van der Waals surface area (Å²) in [7, 11) is 1.46. The normalized spacial score (nSPS) is 10.1. The minimum absolute atomic E-state index is 0.161. The topological polar surface area (TPSA) is 79.5 Å². The molecule has 2 rings (SSSR count). The van der Waals surface area contributed by atoms with E-state index in [1.54, 1.807) is 18.2 Å². The number of anilines is 3. The molecule has 0 bridgehead atoms. The minimum atomic E-state index is -0.550. The Kier molecular flexibility index (Phi) is 6.19. The van der Waals surface area contributed by atoms with Gasteiger partial charge in [-0.25, -0.2) is 4.39 Å². The standard InChI is InChI=1S/C17H17ClFN3O3/c1-10(23)21-12-4-6-16(25-2)15(8-12)22-17(24)9-20-14-5-3-11(18)7-13(14)19/h3-8,20H,9H2,1-2H3,(H,21,23)(H,22,24).